The second-order valence-electron chi connectivity index (χ2n) is 8.67. The van der Waals surface area contributed by atoms with Crippen molar-refractivity contribution in [2.75, 3.05) is 19.0 Å². The van der Waals surface area contributed by atoms with Gasteiger partial charge in [0.25, 0.3) is 5.91 Å². The zero-order chi connectivity index (χ0) is 23.5. The van der Waals surface area contributed by atoms with E-state index in [-0.39, 0.29) is 23.8 Å². The first-order valence-electron chi connectivity index (χ1n) is 10.4. The Balaban J connectivity index is 1.60. The highest BCUT2D eigenvalue weighted by molar-refractivity contribution is 7.16. The summed E-state index contributed by atoms with van der Waals surface area (Å²) < 4.78 is 5.31. The van der Waals surface area contributed by atoms with Crippen molar-refractivity contribution in [2.24, 2.45) is 0 Å². The van der Waals surface area contributed by atoms with E-state index in [0.717, 1.165) is 33.0 Å². The summed E-state index contributed by atoms with van der Waals surface area (Å²) in [6.45, 7) is 10.2. The molecule has 0 aliphatic heterocycles. The fraction of sp³-hybridized carbons (Fsp3) is 0.320. The molecule has 0 aliphatic rings. The molecule has 2 N–H and O–H groups in total. The van der Waals surface area contributed by atoms with E-state index in [1.54, 1.807) is 19.2 Å². The fourth-order valence-corrected chi connectivity index (χ4v) is 4.14. The van der Waals surface area contributed by atoms with Crippen LogP contribution in [0.4, 0.5) is 5.13 Å². The molecule has 2 aromatic carbocycles. The average Bonchev–Trinajstić information content (AvgIpc) is 3.11. The van der Waals surface area contributed by atoms with Gasteiger partial charge in [-0.15, -0.1) is 11.3 Å². The number of hydrogen-bond donors (Lipinski definition) is 2. The lowest BCUT2D eigenvalue weighted by molar-refractivity contribution is -0.115. The molecule has 0 fully saturated rings. The standard InChI is InChI=1S/C25H29N3O3S/c1-15-13-18(9-12-20(15)31-6)22-16(2)32-24(28-22)27-21(29)14-26-23(30)17-7-10-19(11-8-17)25(3,4)5/h7-13H,14H2,1-6H3,(H,26,30)(H,27,28,29). The number of amides is 2. The molecule has 6 nitrogen and oxygen atoms in total. The fourth-order valence-electron chi connectivity index (χ4n) is 3.29. The van der Waals surface area contributed by atoms with E-state index in [1.165, 1.54) is 11.3 Å². The molecule has 3 rings (SSSR count). The number of anilines is 1. The van der Waals surface area contributed by atoms with E-state index >= 15 is 0 Å². The van der Waals surface area contributed by atoms with Gasteiger partial charge in [-0.1, -0.05) is 32.9 Å². The van der Waals surface area contributed by atoms with Crippen LogP contribution in [0.5, 0.6) is 5.75 Å². The summed E-state index contributed by atoms with van der Waals surface area (Å²) in [6, 6.07) is 13.3. The first-order valence-corrected chi connectivity index (χ1v) is 11.2. The van der Waals surface area contributed by atoms with Crippen molar-refractivity contribution in [3.8, 4) is 17.0 Å². The maximum absolute atomic E-state index is 12.4. The van der Waals surface area contributed by atoms with E-state index < -0.39 is 0 Å². The minimum absolute atomic E-state index is 0.0180. The lowest BCUT2D eigenvalue weighted by Gasteiger charge is -2.19. The van der Waals surface area contributed by atoms with Crippen LogP contribution in [-0.4, -0.2) is 30.5 Å². The summed E-state index contributed by atoms with van der Waals surface area (Å²) in [5.74, 6) is 0.208. The summed E-state index contributed by atoms with van der Waals surface area (Å²) in [5, 5.41) is 5.94. The number of methoxy groups -OCH3 is 1. The molecule has 32 heavy (non-hydrogen) atoms. The molecule has 1 heterocycles. The zero-order valence-electron chi connectivity index (χ0n) is 19.3. The van der Waals surface area contributed by atoms with Crippen molar-refractivity contribution >= 4 is 28.3 Å². The Morgan fingerprint density at radius 2 is 1.75 bits per heavy atom. The van der Waals surface area contributed by atoms with E-state index in [2.05, 4.69) is 36.4 Å². The molecule has 0 saturated heterocycles. The molecule has 0 spiro atoms. The molecule has 0 atom stereocenters. The third-order valence-electron chi connectivity index (χ3n) is 5.13. The van der Waals surface area contributed by atoms with Crippen LogP contribution in [0.2, 0.25) is 0 Å². The Labute approximate surface area is 193 Å². The third-order valence-corrected chi connectivity index (χ3v) is 6.02. The SMILES string of the molecule is COc1ccc(-c2nc(NC(=O)CNC(=O)c3ccc(C(C)(C)C)cc3)sc2C)cc1C. The molecule has 2 amide bonds. The first kappa shape index (κ1) is 23.5. The van der Waals surface area contributed by atoms with Crippen LogP contribution in [0.3, 0.4) is 0 Å². The minimum atomic E-state index is -0.323. The Morgan fingerprint density at radius 1 is 1.06 bits per heavy atom. The van der Waals surface area contributed by atoms with Crippen LogP contribution in [0.15, 0.2) is 42.5 Å². The molecular formula is C25H29N3O3S. The normalized spacial score (nSPS) is 11.2. The second-order valence-corrected chi connectivity index (χ2v) is 9.87. The van der Waals surface area contributed by atoms with Crippen molar-refractivity contribution in [1.29, 1.82) is 0 Å². The summed E-state index contributed by atoms with van der Waals surface area (Å²) in [6.07, 6.45) is 0. The van der Waals surface area contributed by atoms with Crippen molar-refractivity contribution < 1.29 is 14.3 Å². The Hall–Kier alpha value is -3.19. The molecule has 0 unspecified atom stereocenters. The summed E-state index contributed by atoms with van der Waals surface area (Å²) >= 11 is 1.40. The van der Waals surface area contributed by atoms with E-state index in [4.69, 9.17) is 4.74 Å². The molecular weight excluding hydrogens is 422 g/mol. The van der Waals surface area contributed by atoms with Gasteiger partial charge < -0.3 is 15.4 Å². The number of carbonyl (C=O) groups is 2. The maximum Gasteiger partial charge on any atom is 0.251 e. The van der Waals surface area contributed by atoms with Gasteiger partial charge in [0.05, 0.1) is 19.3 Å². The first-order chi connectivity index (χ1) is 15.1. The Bertz CT molecular complexity index is 1130. The molecule has 3 aromatic rings. The number of aromatic nitrogens is 1. The van der Waals surface area contributed by atoms with E-state index in [1.807, 2.05) is 44.2 Å². The van der Waals surface area contributed by atoms with Gasteiger partial charge in [0.1, 0.15) is 5.75 Å². The van der Waals surface area contributed by atoms with Crippen LogP contribution >= 0.6 is 11.3 Å². The summed E-state index contributed by atoms with van der Waals surface area (Å²) in [5.41, 5.74) is 4.48. The molecule has 0 aliphatic carbocycles. The van der Waals surface area contributed by atoms with E-state index in [9.17, 15) is 9.59 Å². The molecule has 0 bridgehead atoms. The lowest BCUT2D eigenvalue weighted by Crippen LogP contribution is -2.32. The van der Waals surface area contributed by atoms with Gasteiger partial charge in [-0.3, -0.25) is 9.59 Å². The quantitative estimate of drug-likeness (QED) is 0.546. The number of benzene rings is 2. The van der Waals surface area contributed by atoms with E-state index in [0.29, 0.717) is 10.7 Å². The van der Waals surface area contributed by atoms with Gasteiger partial charge >= 0.3 is 0 Å². The van der Waals surface area contributed by atoms with Gasteiger partial charge in [-0.25, -0.2) is 4.98 Å². The minimum Gasteiger partial charge on any atom is -0.496 e. The highest BCUT2D eigenvalue weighted by atomic mass is 32.1. The average molecular weight is 452 g/mol. The van der Waals surface area contributed by atoms with Crippen LogP contribution in [0, 0.1) is 13.8 Å². The van der Waals surface area contributed by atoms with Crippen LogP contribution in [-0.2, 0) is 10.2 Å². The van der Waals surface area contributed by atoms with Crippen molar-refractivity contribution in [2.45, 2.75) is 40.0 Å². The number of nitrogens with one attached hydrogen (secondary N) is 2. The number of rotatable bonds is 6. The number of thiazole rings is 1. The van der Waals surface area contributed by atoms with Gasteiger partial charge in [0.2, 0.25) is 5.91 Å². The summed E-state index contributed by atoms with van der Waals surface area (Å²) in [4.78, 5) is 30.3. The highest BCUT2D eigenvalue weighted by Gasteiger charge is 2.16. The number of ether oxygens (including phenoxy) is 1. The highest BCUT2D eigenvalue weighted by Crippen LogP contribution is 2.32. The number of carbonyl (C=O) groups excluding carboxylic acids is 2. The Morgan fingerprint density at radius 3 is 2.34 bits per heavy atom. The van der Waals surface area contributed by atoms with Gasteiger partial charge in [0, 0.05) is 16.0 Å². The summed E-state index contributed by atoms with van der Waals surface area (Å²) in [7, 11) is 1.64. The number of hydrogen-bond acceptors (Lipinski definition) is 5. The molecule has 0 radical (unpaired) electrons. The van der Waals surface area contributed by atoms with Gasteiger partial charge in [-0.2, -0.15) is 0 Å². The largest absolute Gasteiger partial charge is 0.496 e. The monoisotopic (exact) mass is 451 g/mol. The van der Waals surface area contributed by atoms with Crippen molar-refractivity contribution in [3.05, 3.63) is 64.0 Å². The van der Waals surface area contributed by atoms with Crippen LogP contribution in [0.1, 0.15) is 47.1 Å². The smallest absolute Gasteiger partial charge is 0.251 e. The number of aryl methyl sites for hydroxylation is 2. The Kier molecular flexibility index (Phi) is 6.99. The number of nitrogens with zero attached hydrogens (tertiary/aromatic N) is 1. The molecule has 1 aromatic heterocycles. The van der Waals surface area contributed by atoms with Gasteiger partial charge in [0.15, 0.2) is 5.13 Å². The maximum atomic E-state index is 12.4. The lowest BCUT2D eigenvalue weighted by atomic mass is 9.87. The third kappa shape index (κ3) is 5.53. The topological polar surface area (TPSA) is 80.3 Å². The predicted molar refractivity (Wildman–Crippen MR) is 130 cm³/mol. The van der Waals surface area contributed by atoms with Crippen LogP contribution in [0.25, 0.3) is 11.3 Å². The predicted octanol–water partition coefficient (Wildman–Crippen LogP) is 5.10. The zero-order valence-corrected chi connectivity index (χ0v) is 20.1. The van der Waals surface area contributed by atoms with Gasteiger partial charge in [-0.05, 0) is 60.7 Å². The molecule has 7 heteroatoms. The van der Waals surface area contributed by atoms with Crippen molar-refractivity contribution in [1.82, 2.24) is 10.3 Å². The second kappa shape index (κ2) is 9.53. The molecule has 168 valence electrons. The van der Waals surface area contributed by atoms with Crippen molar-refractivity contribution in [3.63, 3.8) is 0 Å². The van der Waals surface area contributed by atoms with Crippen LogP contribution < -0.4 is 15.4 Å². The molecule has 0 saturated carbocycles.